The molecule has 3 aliphatic heterocycles. The average Bonchev–Trinajstić information content (AvgIpc) is 3.67. The second-order valence-corrected chi connectivity index (χ2v) is 12.1. The van der Waals surface area contributed by atoms with E-state index in [-0.39, 0.29) is 49.9 Å². The summed E-state index contributed by atoms with van der Waals surface area (Å²) in [7, 11) is 0. The predicted octanol–water partition coefficient (Wildman–Crippen LogP) is 3.31. The molecule has 7 atom stereocenters. The molecule has 3 saturated heterocycles. The van der Waals surface area contributed by atoms with Crippen molar-refractivity contribution in [2.75, 3.05) is 26.3 Å². The fourth-order valence-electron chi connectivity index (χ4n) is 7.21. The van der Waals surface area contributed by atoms with Crippen molar-refractivity contribution in [2.45, 2.75) is 88.6 Å². The molecule has 1 aromatic carbocycles. The second-order valence-electron chi connectivity index (χ2n) is 12.1. The Hall–Kier alpha value is -3.50. The van der Waals surface area contributed by atoms with Crippen LogP contribution in [-0.4, -0.2) is 88.7 Å². The van der Waals surface area contributed by atoms with E-state index in [2.05, 4.69) is 25.4 Å². The van der Waals surface area contributed by atoms with Gasteiger partial charge in [-0.25, -0.2) is 0 Å². The maximum atomic E-state index is 14.3. The minimum atomic E-state index is -1.14. The number of nitrogens with zero attached hydrogens (tertiary/aromatic N) is 2. The van der Waals surface area contributed by atoms with Crippen LogP contribution in [0, 0.1) is 11.8 Å². The molecule has 0 saturated carbocycles. The number of rotatable bonds is 17. The molecule has 240 valence electrons. The zero-order chi connectivity index (χ0) is 31.9. The molecule has 0 aromatic heterocycles. The van der Waals surface area contributed by atoms with E-state index in [9.17, 15) is 24.3 Å². The Kier molecular flexibility index (Phi) is 11.4. The SMILES string of the molecule is C=CCCC(=O)OC[C@@H](NC(=O)[C@@H]1[C@H]2C(=O)N(CCCO)[C@H](C(=O)N(CC=C)C(C)CCC)[C@]23CC[C@H]1O3)c1ccccc1. The third-order valence-electron chi connectivity index (χ3n) is 9.22. The highest BCUT2D eigenvalue weighted by molar-refractivity contribution is 5.99. The number of carbonyl (C=O) groups is 4. The van der Waals surface area contributed by atoms with Gasteiger partial charge in [-0.1, -0.05) is 55.8 Å². The number of aliphatic hydroxyl groups excluding tert-OH is 1. The zero-order valence-electron chi connectivity index (χ0n) is 26.0. The summed E-state index contributed by atoms with van der Waals surface area (Å²) in [4.78, 5) is 58.2. The summed E-state index contributed by atoms with van der Waals surface area (Å²) in [5.41, 5.74) is -0.377. The Balaban J connectivity index is 1.62. The van der Waals surface area contributed by atoms with E-state index in [1.807, 2.05) is 37.3 Å². The minimum absolute atomic E-state index is 0.0662. The first kappa shape index (κ1) is 33.4. The van der Waals surface area contributed by atoms with Crippen LogP contribution in [-0.2, 0) is 28.7 Å². The van der Waals surface area contributed by atoms with Gasteiger partial charge in [-0.3, -0.25) is 19.2 Å². The van der Waals surface area contributed by atoms with Gasteiger partial charge in [0.05, 0.1) is 24.0 Å². The lowest BCUT2D eigenvalue weighted by Gasteiger charge is -2.39. The third-order valence-corrected chi connectivity index (χ3v) is 9.22. The van der Waals surface area contributed by atoms with Crippen LogP contribution in [0.25, 0.3) is 0 Å². The zero-order valence-corrected chi connectivity index (χ0v) is 26.0. The van der Waals surface area contributed by atoms with Gasteiger partial charge in [-0.15, -0.1) is 13.2 Å². The number of ether oxygens (including phenoxy) is 2. The van der Waals surface area contributed by atoms with Crippen molar-refractivity contribution in [3.8, 4) is 0 Å². The van der Waals surface area contributed by atoms with Crippen LogP contribution in [0.2, 0.25) is 0 Å². The average molecular weight is 610 g/mol. The van der Waals surface area contributed by atoms with Gasteiger partial charge in [0.1, 0.15) is 18.2 Å². The Morgan fingerprint density at radius 2 is 2.00 bits per heavy atom. The van der Waals surface area contributed by atoms with Crippen LogP contribution in [0.3, 0.4) is 0 Å². The van der Waals surface area contributed by atoms with Crippen LogP contribution in [0.1, 0.15) is 70.4 Å². The molecule has 3 amide bonds. The Morgan fingerprint density at radius 1 is 1.25 bits per heavy atom. The van der Waals surface area contributed by atoms with Crippen molar-refractivity contribution in [1.82, 2.24) is 15.1 Å². The van der Waals surface area contributed by atoms with Gasteiger partial charge >= 0.3 is 5.97 Å². The molecule has 10 heteroatoms. The van der Waals surface area contributed by atoms with E-state index in [4.69, 9.17) is 9.47 Å². The van der Waals surface area contributed by atoms with E-state index in [1.54, 1.807) is 17.1 Å². The molecule has 2 bridgehead atoms. The first-order valence-electron chi connectivity index (χ1n) is 15.9. The lowest BCUT2D eigenvalue weighted by molar-refractivity contribution is -0.149. The second kappa shape index (κ2) is 15.0. The summed E-state index contributed by atoms with van der Waals surface area (Å²) in [5, 5.41) is 12.7. The van der Waals surface area contributed by atoms with Gasteiger partial charge in [0.15, 0.2) is 0 Å². The summed E-state index contributed by atoms with van der Waals surface area (Å²) in [6.45, 7) is 11.8. The maximum Gasteiger partial charge on any atom is 0.306 e. The molecule has 44 heavy (non-hydrogen) atoms. The predicted molar refractivity (Wildman–Crippen MR) is 165 cm³/mol. The van der Waals surface area contributed by atoms with E-state index >= 15 is 0 Å². The van der Waals surface area contributed by atoms with Gasteiger partial charge in [-0.05, 0) is 44.6 Å². The van der Waals surface area contributed by atoms with Crippen LogP contribution < -0.4 is 5.32 Å². The monoisotopic (exact) mass is 609 g/mol. The number of allylic oxidation sites excluding steroid dienone is 1. The van der Waals surface area contributed by atoms with Crippen LogP contribution in [0.15, 0.2) is 55.6 Å². The third kappa shape index (κ3) is 6.61. The number of amides is 3. The lowest BCUT2D eigenvalue weighted by Crippen LogP contribution is -2.58. The van der Waals surface area contributed by atoms with Crippen molar-refractivity contribution in [1.29, 1.82) is 0 Å². The number of esters is 1. The first-order valence-corrected chi connectivity index (χ1v) is 15.9. The molecule has 3 heterocycles. The summed E-state index contributed by atoms with van der Waals surface area (Å²) >= 11 is 0. The molecular weight excluding hydrogens is 562 g/mol. The molecule has 4 rings (SSSR count). The number of hydrogen-bond donors (Lipinski definition) is 2. The molecule has 2 N–H and O–H groups in total. The molecule has 1 spiro atoms. The van der Waals surface area contributed by atoms with Gasteiger partial charge < -0.3 is 29.7 Å². The fraction of sp³-hybridized carbons (Fsp3) is 0.588. The summed E-state index contributed by atoms with van der Waals surface area (Å²) in [6, 6.07) is 7.63. The molecule has 1 unspecified atom stereocenters. The topological polar surface area (TPSA) is 125 Å². The number of benzene rings is 1. The Labute approximate surface area is 260 Å². The van der Waals surface area contributed by atoms with Crippen LogP contribution >= 0.6 is 0 Å². The highest BCUT2D eigenvalue weighted by atomic mass is 16.5. The molecular formula is C34H47N3O7. The van der Waals surface area contributed by atoms with Crippen molar-refractivity contribution in [2.24, 2.45) is 11.8 Å². The molecule has 0 radical (unpaired) electrons. The largest absolute Gasteiger partial charge is 0.463 e. The van der Waals surface area contributed by atoms with Gasteiger partial charge in [0, 0.05) is 32.2 Å². The van der Waals surface area contributed by atoms with E-state index < -0.39 is 41.6 Å². The van der Waals surface area contributed by atoms with Gasteiger partial charge in [0.2, 0.25) is 17.7 Å². The minimum Gasteiger partial charge on any atom is -0.463 e. The Bertz CT molecular complexity index is 1210. The first-order chi connectivity index (χ1) is 21.2. The Morgan fingerprint density at radius 3 is 2.66 bits per heavy atom. The maximum absolute atomic E-state index is 14.3. The number of carbonyl (C=O) groups excluding carboxylic acids is 4. The molecule has 3 aliphatic rings. The van der Waals surface area contributed by atoms with Crippen molar-refractivity contribution in [3.63, 3.8) is 0 Å². The van der Waals surface area contributed by atoms with Crippen molar-refractivity contribution < 1.29 is 33.8 Å². The van der Waals surface area contributed by atoms with Crippen molar-refractivity contribution in [3.05, 3.63) is 61.2 Å². The van der Waals surface area contributed by atoms with E-state index in [1.165, 1.54) is 4.90 Å². The van der Waals surface area contributed by atoms with E-state index in [0.717, 1.165) is 18.4 Å². The van der Waals surface area contributed by atoms with Gasteiger partial charge in [-0.2, -0.15) is 0 Å². The number of fused-ring (bicyclic) bond motifs is 1. The van der Waals surface area contributed by atoms with E-state index in [0.29, 0.717) is 32.2 Å². The number of hydrogen-bond acceptors (Lipinski definition) is 7. The molecule has 1 aromatic rings. The van der Waals surface area contributed by atoms with Crippen LogP contribution in [0.4, 0.5) is 0 Å². The quantitative estimate of drug-likeness (QED) is 0.205. The fourth-order valence-corrected chi connectivity index (χ4v) is 7.21. The lowest BCUT2D eigenvalue weighted by atomic mass is 9.70. The van der Waals surface area contributed by atoms with Crippen molar-refractivity contribution >= 4 is 23.7 Å². The number of likely N-dealkylation sites (tertiary alicyclic amines) is 1. The summed E-state index contributed by atoms with van der Waals surface area (Å²) < 4.78 is 12.1. The van der Waals surface area contributed by atoms with Crippen LogP contribution in [0.5, 0.6) is 0 Å². The standard InChI is InChI=1S/C34H47N3O7/c1-5-8-16-27(39)43-22-25(24-14-10-9-11-15-24)35-31(40)28-26-17-18-34(44-26)29(28)32(41)37(20-12-21-38)30(34)33(42)36(19-7-3)23(4)13-6-2/h5,7,9-11,14-15,23,25-26,28-30,38H,1,3,6,8,12-13,16-22H2,2,4H3,(H,35,40)/t23?,25-,26-,28+,29+,30-,34+/m1/s1. The number of aliphatic hydroxyl groups is 1. The highest BCUT2D eigenvalue weighted by Gasteiger charge is 2.74. The molecule has 0 aliphatic carbocycles. The normalized spacial score (nSPS) is 26.5. The molecule has 10 nitrogen and oxygen atoms in total. The van der Waals surface area contributed by atoms with Gasteiger partial charge in [0.25, 0.3) is 0 Å². The smallest absolute Gasteiger partial charge is 0.306 e. The highest BCUT2D eigenvalue weighted by Crippen LogP contribution is 2.58. The summed E-state index contributed by atoms with van der Waals surface area (Å²) in [6.07, 6.45) is 6.49. The number of nitrogens with one attached hydrogen (secondary N) is 1. The molecule has 3 fully saturated rings. The summed E-state index contributed by atoms with van der Waals surface area (Å²) in [5.74, 6) is -2.93.